The van der Waals surface area contributed by atoms with Gasteiger partial charge in [-0.3, -0.25) is 9.59 Å². The van der Waals surface area contributed by atoms with E-state index in [1.807, 2.05) is 6.92 Å². The smallest absolute Gasteiger partial charge is 0.261 e. The number of nitrogens with zero attached hydrogens (tertiary/aromatic N) is 1. The normalized spacial score (nSPS) is 9.71. The highest BCUT2D eigenvalue weighted by Crippen LogP contribution is 2.11. The summed E-state index contributed by atoms with van der Waals surface area (Å²) in [6.07, 6.45) is 1.69. The van der Waals surface area contributed by atoms with Gasteiger partial charge in [-0.1, -0.05) is 13.3 Å². The topological polar surface area (TPSA) is 85.8 Å². The molecular weight excluding hydrogens is 333 g/mol. The molecule has 0 aliphatic carbocycles. The molecule has 90 valence electrons. The lowest BCUT2D eigenvalue weighted by Crippen LogP contribution is -2.30. The van der Waals surface area contributed by atoms with Gasteiger partial charge in [-0.2, -0.15) is 5.26 Å². The van der Waals surface area contributed by atoms with Crippen LogP contribution in [-0.4, -0.2) is 17.4 Å². The molecule has 5 nitrogen and oxygen atoms in total. The number of aryl methyl sites for hydroxylation is 1. The minimum Gasteiger partial charge on any atom is -0.339 e. The van der Waals surface area contributed by atoms with Crippen LogP contribution in [0.25, 0.3) is 0 Å². The van der Waals surface area contributed by atoms with Crippen LogP contribution < -0.4 is 10.9 Å². The van der Waals surface area contributed by atoms with Gasteiger partial charge in [-0.15, -0.1) is 0 Å². The number of carbonyl (C=O) groups excluding carboxylic acids is 1. The number of aromatic nitrogens is 1. The van der Waals surface area contributed by atoms with Crippen molar-refractivity contribution in [1.82, 2.24) is 10.3 Å². The van der Waals surface area contributed by atoms with Gasteiger partial charge in [0.2, 0.25) is 0 Å². The van der Waals surface area contributed by atoms with Crippen LogP contribution in [0.15, 0.2) is 10.9 Å². The first-order chi connectivity index (χ1) is 8.10. The predicted octanol–water partition coefficient (Wildman–Crippen LogP) is 1.19. The Hall–Kier alpha value is -1.36. The molecule has 1 rings (SSSR count). The fourth-order valence-electron chi connectivity index (χ4n) is 1.36. The number of hydrogen-bond acceptors (Lipinski definition) is 3. The molecule has 0 saturated heterocycles. The quantitative estimate of drug-likeness (QED) is 0.635. The summed E-state index contributed by atoms with van der Waals surface area (Å²) in [7, 11) is 0. The minimum atomic E-state index is -0.520. The third-order valence-corrected chi connectivity index (χ3v) is 3.10. The lowest BCUT2D eigenvalue weighted by atomic mass is 10.2. The van der Waals surface area contributed by atoms with Gasteiger partial charge in [0.1, 0.15) is 12.1 Å². The molecule has 0 unspecified atom stereocenters. The maximum Gasteiger partial charge on any atom is 0.261 e. The van der Waals surface area contributed by atoms with Gasteiger partial charge in [-0.25, -0.2) is 0 Å². The molecule has 1 amide bonds. The van der Waals surface area contributed by atoms with E-state index in [1.54, 1.807) is 12.1 Å². The highest BCUT2D eigenvalue weighted by Gasteiger charge is 2.12. The van der Waals surface area contributed by atoms with E-state index in [1.165, 1.54) is 0 Å². The highest BCUT2D eigenvalue weighted by molar-refractivity contribution is 14.1. The van der Waals surface area contributed by atoms with Crippen molar-refractivity contribution in [3.63, 3.8) is 0 Å². The van der Waals surface area contributed by atoms with Crippen molar-refractivity contribution in [2.75, 3.05) is 6.54 Å². The lowest BCUT2D eigenvalue weighted by molar-refractivity contribution is 0.0957. The van der Waals surface area contributed by atoms with E-state index in [2.05, 4.69) is 32.9 Å². The summed E-state index contributed by atoms with van der Waals surface area (Å²) in [5.74, 6) is -0.520. The average molecular weight is 345 g/mol. The standard InChI is InChI=1S/C11H12IN3O2/c1-2-3-9-8(12)6-7(11(17)15-9)10(16)14-5-4-13/h6H,2-3,5H2,1H3,(H,14,16)(H,15,17). The molecule has 0 atom stereocenters. The Balaban J connectivity index is 3.04. The second-order valence-electron chi connectivity index (χ2n) is 3.43. The zero-order valence-corrected chi connectivity index (χ0v) is 11.5. The molecule has 6 heteroatoms. The summed E-state index contributed by atoms with van der Waals surface area (Å²) in [5.41, 5.74) is 0.476. The van der Waals surface area contributed by atoms with E-state index in [9.17, 15) is 9.59 Å². The lowest BCUT2D eigenvalue weighted by Gasteiger charge is -2.05. The van der Waals surface area contributed by atoms with Crippen molar-refractivity contribution >= 4 is 28.5 Å². The van der Waals surface area contributed by atoms with E-state index in [0.29, 0.717) is 0 Å². The van der Waals surface area contributed by atoms with Crippen molar-refractivity contribution in [2.45, 2.75) is 19.8 Å². The third kappa shape index (κ3) is 3.56. The van der Waals surface area contributed by atoms with Crippen molar-refractivity contribution in [3.8, 4) is 6.07 Å². The van der Waals surface area contributed by atoms with Gasteiger partial charge >= 0.3 is 0 Å². The van der Waals surface area contributed by atoms with E-state index in [4.69, 9.17) is 5.26 Å². The van der Waals surface area contributed by atoms with E-state index in [-0.39, 0.29) is 12.1 Å². The third-order valence-electron chi connectivity index (χ3n) is 2.14. The second kappa shape index (κ2) is 6.39. The van der Waals surface area contributed by atoms with Crippen molar-refractivity contribution in [1.29, 1.82) is 5.26 Å². The molecule has 0 aliphatic heterocycles. The highest BCUT2D eigenvalue weighted by atomic mass is 127. The SMILES string of the molecule is CCCc1[nH]c(=O)c(C(=O)NCC#N)cc1I. The van der Waals surface area contributed by atoms with Crippen molar-refractivity contribution < 1.29 is 4.79 Å². The fourth-order valence-corrected chi connectivity index (χ4v) is 2.08. The van der Waals surface area contributed by atoms with E-state index >= 15 is 0 Å². The Bertz CT molecular complexity index is 516. The number of rotatable bonds is 4. The number of pyridine rings is 1. The number of nitriles is 1. The van der Waals surface area contributed by atoms with Crippen LogP contribution in [0.2, 0.25) is 0 Å². The van der Waals surface area contributed by atoms with E-state index < -0.39 is 11.5 Å². The first-order valence-corrected chi connectivity index (χ1v) is 6.24. The molecule has 2 N–H and O–H groups in total. The maximum absolute atomic E-state index is 11.7. The zero-order chi connectivity index (χ0) is 12.8. The number of nitrogens with one attached hydrogen (secondary N) is 2. The number of amides is 1. The number of hydrogen-bond donors (Lipinski definition) is 2. The predicted molar refractivity (Wildman–Crippen MR) is 71.7 cm³/mol. The maximum atomic E-state index is 11.7. The minimum absolute atomic E-state index is 0.0458. The van der Waals surface area contributed by atoms with Gasteiger partial charge in [0.25, 0.3) is 11.5 Å². The molecule has 0 saturated carbocycles. The number of aromatic amines is 1. The van der Waals surface area contributed by atoms with Crippen LogP contribution in [0.3, 0.4) is 0 Å². The summed E-state index contributed by atoms with van der Waals surface area (Å²) in [5, 5.41) is 10.7. The Kier molecular flexibility index (Phi) is 5.15. The molecule has 0 radical (unpaired) electrons. The molecule has 0 aliphatic rings. The van der Waals surface area contributed by atoms with Crippen LogP contribution in [-0.2, 0) is 6.42 Å². The van der Waals surface area contributed by atoms with Gasteiger partial charge in [0, 0.05) is 9.26 Å². The molecule has 17 heavy (non-hydrogen) atoms. The Morgan fingerprint density at radius 2 is 2.35 bits per heavy atom. The molecule has 0 aromatic carbocycles. The summed E-state index contributed by atoms with van der Waals surface area (Å²) >= 11 is 2.08. The molecule has 1 aromatic heterocycles. The van der Waals surface area contributed by atoms with Crippen LogP contribution in [0, 0.1) is 14.9 Å². The van der Waals surface area contributed by atoms with Crippen LogP contribution >= 0.6 is 22.6 Å². The Morgan fingerprint density at radius 3 is 2.94 bits per heavy atom. The molecule has 0 bridgehead atoms. The van der Waals surface area contributed by atoms with Gasteiger partial charge in [0.05, 0.1) is 6.07 Å². The van der Waals surface area contributed by atoms with Crippen molar-refractivity contribution in [2.24, 2.45) is 0 Å². The number of carbonyl (C=O) groups is 1. The van der Waals surface area contributed by atoms with Crippen LogP contribution in [0.1, 0.15) is 29.4 Å². The molecule has 1 heterocycles. The zero-order valence-electron chi connectivity index (χ0n) is 9.34. The molecule has 0 fully saturated rings. The monoisotopic (exact) mass is 345 g/mol. The first kappa shape index (κ1) is 13.7. The fraction of sp³-hybridized carbons (Fsp3) is 0.364. The first-order valence-electron chi connectivity index (χ1n) is 5.17. The van der Waals surface area contributed by atoms with Gasteiger partial charge in [-0.05, 0) is 35.1 Å². The van der Waals surface area contributed by atoms with Crippen molar-refractivity contribution in [3.05, 3.63) is 31.2 Å². The number of halogens is 1. The summed E-state index contributed by atoms with van der Waals surface area (Å²) in [4.78, 5) is 25.9. The Morgan fingerprint density at radius 1 is 1.65 bits per heavy atom. The Labute approximate surface area is 112 Å². The summed E-state index contributed by atoms with van der Waals surface area (Å²) in [6, 6.07) is 3.34. The summed E-state index contributed by atoms with van der Waals surface area (Å²) in [6.45, 7) is 1.91. The van der Waals surface area contributed by atoms with Gasteiger partial charge in [0.15, 0.2) is 0 Å². The van der Waals surface area contributed by atoms with Crippen LogP contribution in [0.5, 0.6) is 0 Å². The van der Waals surface area contributed by atoms with E-state index in [0.717, 1.165) is 22.1 Å². The van der Waals surface area contributed by atoms with Gasteiger partial charge < -0.3 is 10.3 Å². The average Bonchev–Trinajstić information content (AvgIpc) is 2.30. The summed E-state index contributed by atoms with van der Waals surface area (Å²) < 4.78 is 0.853. The largest absolute Gasteiger partial charge is 0.339 e. The van der Waals surface area contributed by atoms with Crippen LogP contribution in [0.4, 0.5) is 0 Å². The molecular formula is C11H12IN3O2. The molecule has 1 aromatic rings. The second-order valence-corrected chi connectivity index (χ2v) is 4.59. The number of H-pyrrole nitrogens is 1. The molecule has 0 spiro atoms.